The molecule has 1 aromatic carbocycles. The molecule has 80 valence electrons. The maximum absolute atomic E-state index is 13.4. The van der Waals surface area contributed by atoms with Gasteiger partial charge in [-0.1, -0.05) is 0 Å². The molecule has 5 heteroatoms. The number of rotatable bonds is 0. The predicted molar refractivity (Wildman–Crippen MR) is 48.0 cm³/mol. The van der Waals surface area contributed by atoms with Crippen LogP contribution in [0.3, 0.4) is 0 Å². The van der Waals surface area contributed by atoms with Gasteiger partial charge in [0.05, 0.1) is 11.1 Å². The lowest BCUT2D eigenvalue weighted by molar-refractivity contribution is -0.119. The first-order valence-corrected chi connectivity index (χ1v) is 4.35. The van der Waals surface area contributed by atoms with Crippen molar-refractivity contribution in [3.63, 3.8) is 0 Å². The molecule has 0 saturated heterocycles. The Hall–Kier alpha value is -1.52. The summed E-state index contributed by atoms with van der Waals surface area (Å²) in [6.45, 7) is 2.91. The van der Waals surface area contributed by atoms with Crippen LogP contribution >= 0.6 is 0 Å². The van der Waals surface area contributed by atoms with Gasteiger partial charge in [-0.05, 0) is 13.8 Å². The number of anilines is 1. The Morgan fingerprint density at radius 1 is 1.20 bits per heavy atom. The number of halogens is 3. The second-order valence-electron chi connectivity index (χ2n) is 3.99. The molecule has 0 atom stereocenters. The van der Waals surface area contributed by atoms with Crippen LogP contribution in [-0.4, -0.2) is 5.91 Å². The van der Waals surface area contributed by atoms with Gasteiger partial charge >= 0.3 is 0 Å². The molecule has 0 unspecified atom stereocenters. The molecule has 0 spiro atoms. The van der Waals surface area contributed by atoms with Gasteiger partial charge in [0.15, 0.2) is 17.5 Å². The summed E-state index contributed by atoms with van der Waals surface area (Å²) in [6.07, 6.45) is 0. The Labute approximate surface area is 84.1 Å². The number of carbonyl (C=O) groups excluding carboxylic acids is 1. The van der Waals surface area contributed by atoms with Gasteiger partial charge in [0.25, 0.3) is 0 Å². The molecule has 1 N–H and O–H groups in total. The second kappa shape index (κ2) is 2.74. The highest BCUT2D eigenvalue weighted by Crippen LogP contribution is 2.40. The standard InChI is InChI=1S/C10H8F3NO/c1-10(2)6-5(14-9(10)15)3-4(11)7(12)8(6)13/h3H,1-2H3,(H,14,15). The highest BCUT2D eigenvalue weighted by Gasteiger charge is 2.42. The molecule has 15 heavy (non-hydrogen) atoms. The normalized spacial score (nSPS) is 17.5. The molecule has 2 rings (SSSR count). The van der Waals surface area contributed by atoms with E-state index in [0.29, 0.717) is 0 Å². The lowest BCUT2D eigenvalue weighted by Gasteiger charge is -2.15. The van der Waals surface area contributed by atoms with Crippen molar-refractivity contribution in [1.29, 1.82) is 0 Å². The number of carbonyl (C=O) groups is 1. The van der Waals surface area contributed by atoms with Gasteiger partial charge in [0.2, 0.25) is 5.91 Å². The molecule has 0 fully saturated rings. The number of hydrogen-bond acceptors (Lipinski definition) is 1. The summed E-state index contributed by atoms with van der Waals surface area (Å²) in [5.74, 6) is -4.61. The first-order valence-electron chi connectivity index (χ1n) is 4.35. The van der Waals surface area contributed by atoms with Crippen molar-refractivity contribution in [1.82, 2.24) is 0 Å². The van der Waals surface area contributed by atoms with E-state index in [4.69, 9.17) is 0 Å². The summed E-state index contributed by atoms with van der Waals surface area (Å²) in [5.41, 5.74) is -1.29. The van der Waals surface area contributed by atoms with Crippen LogP contribution in [0.2, 0.25) is 0 Å². The molecule has 1 aliphatic heterocycles. The SMILES string of the molecule is CC1(C)C(=O)Nc2cc(F)c(F)c(F)c21. The predicted octanol–water partition coefficient (Wildman–Crippen LogP) is 2.33. The third kappa shape index (κ3) is 1.15. The minimum absolute atomic E-state index is 0.00130. The second-order valence-corrected chi connectivity index (χ2v) is 3.99. The van der Waals surface area contributed by atoms with E-state index in [1.165, 1.54) is 13.8 Å². The van der Waals surface area contributed by atoms with Gasteiger partial charge < -0.3 is 5.32 Å². The van der Waals surface area contributed by atoms with Gasteiger partial charge in [-0.15, -0.1) is 0 Å². The van der Waals surface area contributed by atoms with Crippen molar-refractivity contribution < 1.29 is 18.0 Å². The average molecular weight is 215 g/mol. The molecule has 1 amide bonds. The Morgan fingerprint density at radius 3 is 2.40 bits per heavy atom. The molecule has 1 heterocycles. The molecule has 0 aliphatic carbocycles. The van der Waals surface area contributed by atoms with E-state index in [0.717, 1.165) is 6.07 Å². The summed E-state index contributed by atoms with van der Waals surface area (Å²) in [7, 11) is 0. The van der Waals surface area contributed by atoms with Crippen molar-refractivity contribution in [3.05, 3.63) is 29.1 Å². The Kier molecular flexibility index (Phi) is 1.83. The zero-order chi connectivity index (χ0) is 11.4. The van der Waals surface area contributed by atoms with Gasteiger partial charge in [-0.2, -0.15) is 0 Å². The van der Waals surface area contributed by atoms with Gasteiger partial charge in [-0.3, -0.25) is 4.79 Å². The zero-order valence-corrected chi connectivity index (χ0v) is 8.12. The Balaban J connectivity index is 2.78. The molecule has 1 aliphatic rings. The molecular weight excluding hydrogens is 207 g/mol. The summed E-state index contributed by atoms with van der Waals surface area (Å²) in [4.78, 5) is 11.4. The van der Waals surface area contributed by atoms with Crippen LogP contribution in [0.5, 0.6) is 0 Å². The highest BCUT2D eigenvalue weighted by molar-refractivity contribution is 6.05. The Morgan fingerprint density at radius 2 is 1.80 bits per heavy atom. The summed E-state index contributed by atoms with van der Waals surface area (Å²) < 4.78 is 39.2. The lowest BCUT2D eigenvalue weighted by Crippen LogP contribution is -2.27. The lowest BCUT2D eigenvalue weighted by atomic mass is 9.85. The average Bonchev–Trinajstić information content (AvgIpc) is 2.34. The van der Waals surface area contributed by atoms with Crippen LogP contribution in [0.4, 0.5) is 18.9 Å². The summed E-state index contributed by atoms with van der Waals surface area (Å²) in [6, 6.07) is 0.792. The van der Waals surface area contributed by atoms with Crippen LogP contribution in [0, 0.1) is 17.5 Å². The molecule has 1 aromatic rings. The number of nitrogens with one attached hydrogen (secondary N) is 1. The third-order valence-electron chi connectivity index (χ3n) is 2.60. The van der Waals surface area contributed by atoms with Crippen molar-refractivity contribution in [2.24, 2.45) is 0 Å². The van der Waals surface area contributed by atoms with Crippen molar-refractivity contribution in [3.8, 4) is 0 Å². The van der Waals surface area contributed by atoms with E-state index in [1.54, 1.807) is 0 Å². The minimum atomic E-state index is -1.54. The van der Waals surface area contributed by atoms with E-state index < -0.39 is 28.8 Å². The fourth-order valence-electron chi connectivity index (χ4n) is 1.70. The quantitative estimate of drug-likeness (QED) is 0.661. The van der Waals surface area contributed by atoms with Crippen molar-refractivity contribution >= 4 is 11.6 Å². The maximum Gasteiger partial charge on any atom is 0.234 e. The molecule has 0 bridgehead atoms. The maximum atomic E-state index is 13.4. The van der Waals surface area contributed by atoms with E-state index in [-0.39, 0.29) is 11.3 Å². The van der Waals surface area contributed by atoms with Crippen molar-refractivity contribution in [2.45, 2.75) is 19.3 Å². The number of amides is 1. The molecule has 0 saturated carbocycles. The monoisotopic (exact) mass is 215 g/mol. The van der Waals surface area contributed by atoms with E-state index >= 15 is 0 Å². The van der Waals surface area contributed by atoms with Crippen LogP contribution in [0.25, 0.3) is 0 Å². The molecular formula is C10H8F3NO. The molecule has 0 aromatic heterocycles. The first kappa shape index (κ1) is 10.0. The number of hydrogen-bond donors (Lipinski definition) is 1. The van der Waals surface area contributed by atoms with Gasteiger partial charge in [-0.25, -0.2) is 13.2 Å². The van der Waals surface area contributed by atoms with E-state index in [9.17, 15) is 18.0 Å². The molecule has 0 radical (unpaired) electrons. The van der Waals surface area contributed by atoms with E-state index in [1.807, 2.05) is 0 Å². The largest absolute Gasteiger partial charge is 0.325 e. The van der Waals surface area contributed by atoms with Crippen LogP contribution in [-0.2, 0) is 10.2 Å². The van der Waals surface area contributed by atoms with Crippen LogP contribution in [0.15, 0.2) is 6.07 Å². The van der Waals surface area contributed by atoms with Gasteiger partial charge in [0, 0.05) is 11.6 Å². The zero-order valence-electron chi connectivity index (χ0n) is 8.12. The topological polar surface area (TPSA) is 29.1 Å². The fourth-order valence-corrected chi connectivity index (χ4v) is 1.70. The Bertz CT molecular complexity index is 468. The first-order chi connectivity index (χ1) is 6.85. The highest BCUT2D eigenvalue weighted by atomic mass is 19.2. The van der Waals surface area contributed by atoms with Crippen LogP contribution in [0.1, 0.15) is 19.4 Å². The fraction of sp³-hybridized carbons (Fsp3) is 0.300. The summed E-state index contributed by atoms with van der Waals surface area (Å²) in [5, 5.41) is 2.31. The number of benzene rings is 1. The summed E-state index contributed by atoms with van der Waals surface area (Å²) >= 11 is 0. The van der Waals surface area contributed by atoms with Gasteiger partial charge in [0.1, 0.15) is 0 Å². The van der Waals surface area contributed by atoms with Crippen molar-refractivity contribution in [2.75, 3.05) is 5.32 Å². The molecule has 2 nitrogen and oxygen atoms in total. The van der Waals surface area contributed by atoms with Crippen LogP contribution < -0.4 is 5.32 Å². The smallest absolute Gasteiger partial charge is 0.234 e. The third-order valence-corrected chi connectivity index (χ3v) is 2.60. The number of fused-ring (bicyclic) bond motifs is 1. The minimum Gasteiger partial charge on any atom is -0.325 e. The van der Waals surface area contributed by atoms with E-state index in [2.05, 4.69) is 5.32 Å².